The van der Waals surface area contributed by atoms with Gasteiger partial charge in [-0.25, -0.2) is 9.46 Å². The number of aromatic amines is 1. The highest BCUT2D eigenvalue weighted by Crippen LogP contribution is 2.55. The molecule has 1 aliphatic heterocycles. The summed E-state index contributed by atoms with van der Waals surface area (Å²) >= 11 is 0. The standard InChI is InChI=1S/C26H48N5O6PSi/c1-18(2)31(19(3)4)38(35-16-10-13-27)37-23-20(17-26(5,6)39(8,9)34)24(36-21(23)11-14-28-7)30-15-12-22(32)29-25(30)33/h12,15,18-21,23-24,28,34H,10-11,14,16-17H2,1-9H3,(H,29,32,33)/t20?,21-,23-,24-,38?/m1/s1. The Labute approximate surface area is 234 Å². The molecule has 1 aromatic heterocycles. The Balaban J connectivity index is 2.63. The van der Waals surface area contributed by atoms with Crippen molar-refractivity contribution in [3.8, 4) is 6.07 Å². The third-order valence-corrected chi connectivity index (χ3v) is 13.2. The number of nitrogens with one attached hydrogen (secondary N) is 2. The first-order valence-corrected chi connectivity index (χ1v) is 17.8. The smallest absolute Gasteiger partial charge is 0.330 e. The summed E-state index contributed by atoms with van der Waals surface area (Å²) in [7, 11) is -2.36. The van der Waals surface area contributed by atoms with Crippen LogP contribution in [0.5, 0.6) is 0 Å². The zero-order valence-electron chi connectivity index (χ0n) is 24.9. The van der Waals surface area contributed by atoms with Crippen molar-refractivity contribution in [1.82, 2.24) is 19.5 Å². The van der Waals surface area contributed by atoms with Gasteiger partial charge in [0.25, 0.3) is 14.1 Å². The van der Waals surface area contributed by atoms with Gasteiger partial charge in [-0.1, -0.05) is 13.8 Å². The van der Waals surface area contributed by atoms with E-state index in [1.54, 1.807) is 0 Å². The largest absolute Gasteiger partial charge is 0.432 e. The SMILES string of the molecule is CNCC[C@H]1O[C@@H](n2ccc(=O)[nH]c2=O)C(CC(C)(C)[Si](C)(C)O)[C@H]1OP(OCCC#N)N(C(C)C)C(C)C. The normalized spacial score (nSPS) is 23.1. The van der Waals surface area contributed by atoms with Crippen molar-refractivity contribution in [1.29, 1.82) is 5.26 Å². The van der Waals surface area contributed by atoms with E-state index >= 15 is 0 Å². The lowest BCUT2D eigenvalue weighted by atomic mass is 9.89. The van der Waals surface area contributed by atoms with Crippen molar-refractivity contribution in [3.63, 3.8) is 0 Å². The highest BCUT2D eigenvalue weighted by Gasteiger charge is 2.52. The molecule has 2 heterocycles. The Morgan fingerprint density at radius 1 is 1.31 bits per heavy atom. The summed E-state index contributed by atoms with van der Waals surface area (Å²) in [5, 5.41) is 11.9. The third kappa shape index (κ3) is 8.78. The van der Waals surface area contributed by atoms with Gasteiger partial charge in [0.05, 0.1) is 31.3 Å². The third-order valence-electron chi connectivity index (χ3n) is 7.55. The van der Waals surface area contributed by atoms with E-state index in [1.165, 1.54) is 16.8 Å². The summed E-state index contributed by atoms with van der Waals surface area (Å²) in [5.41, 5.74) is -1.03. The maximum Gasteiger partial charge on any atom is 0.330 e. The van der Waals surface area contributed by atoms with Crippen molar-refractivity contribution < 1.29 is 18.6 Å². The summed E-state index contributed by atoms with van der Waals surface area (Å²) in [6, 6.07) is 3.68. The van der Waals surface area contributed by atoms with Gasteiger partial charge in [0.15, 0.2) is 8.32 Å². The topological polar surface area (TPSA) is 142 Å². The van der Waals surface area contributed by atoms with Gasteiger partial charge < -0.3 is 23.9 Å². The number of hydrogen-bond donors (Lipinski definition) is 3. The van der Waals surface area contributed by atoms with Crippen molar-refractivity contribution in [2.45, 2.75) is 109 Å². The summed E-state index contributed by atoms with van der Waals surface area (Å²) in [6.45, 7) is 17.2. The molecule has 2 rings (SSSR count). The van der Waals surface area contributed by atoms with Gasteiger partial charge in [0, 0.05) is 30.3 Å². The fourth-order valence-corrected chi connectivity index (χ4v) is 7.35. The molecule has 0 bridgehead atoms. The van der Waals surface area contributed by atoms with Crippen LogP contribution in [0.1, 0.15) is 67.0 Å². The summed E-state index contributed by atoms with van der Waals surface area (Å²) < 4.78 is 23.3. The monoisotopic (exact) mass is 585 g/mol. The van der Waals surface area contributed by atoms with Gasteiger partial charge in [-0.15, -0.1) is 0 Å². The lowest BCUT2D eigenvalue weighted by molar-refractivity contribution is -0.0275. The molecular formula is C26H48N5O6PSi. The van der Waals surface area contributed by atoms with Gasteiger partial charge in [-0.2, -0.15) is 5.26 Å². The highest BCUT2D eigenvalue weighted by atomic mass is 31.2. The van der Waals surface area contributed by atoms with Crippen LogP contribution >= 0.6 is 8.53 Å². The van der Waals surface area contributed by atoms with Gasteiger partial charge in [0.2, 0.25) is 0 Å². The van der Waals surface area contributed by atoms with E-state index in [0.717, 1.165) is 0 Å². The molecule has 0 radical (unpaired) electrons. The molecule has 222 valence electrons. The van der Waals surface area contributed by atoms with Gasteiger partial charge in [0.1, 0.15) is 6.23 Å². The van der Waals surface area contributed by atoms with E-state index in [2.05, 4.69) is 48.7 Å². The molecule has 1 aromatic rings. The van der Waals surface area contributed by atoms with Crippen LogP contribution in [-0.4, -0.2) is 71.8 Å². The molecule has 39 heavy (non-hydrogen) atoms. The molecule has 11 nitrogen and oxygen atoms in total. The molecule has 5 atom stereocenters. The second-order valence-corrected chi connectivity index (χ2v) is 17.8. The average Bonchev–Trinajstić information content (AvgIpc) is 3.12. The lowest BCUT2D eigenvalue weighted by Crippen LogP contribution is -2.44. The fourth-order valence-electron chi connectivity index (χ4n) is 4.81. The predicted molar refractivity (Wildman–Crippen MR) is 156 cm³/mol. The predicted octanol–water partition coefficient (Wildman–Crippen LogP) is 3.69. The first-order chi connectivity index (χ1) is 18.1. The van der Waals surface area contributed by atoms with Crippen molar-refractivity contribution in [3.05, 3.63) is 33.1 Å². The number of nitriles is 1. The molecule has 1 fully saturated rings. The maximum atomic E-state index is 12.9. The molecule has 0 amide bonds. The van der Waals surface area contributed by atoms with E-state index in [4.69, 9.17) is 19.0 Å². The molecule has 0 aliphatic carbocycles. The van der Waals surface area contributed by atoms with Crippen molar-refractivity contribution >= 4 is 16.8 Å². The fraction of sp³-hybridized carbons (Fsp3) is 0.808. The minimum atomic E-state index is -2.65. The van der Waals surface area contributed by atoms with Crippen molar-refractivity contribution in [2.75, 3.05) is 20.2 Å². The first-order valence-electron chi connectivity index (χ1n) is 13.7. The average molecular weight is 586 g/mol. The Bertz CT molecular complexity index is 1060. The van der Waals surface area contributed by atoms with Crippen LogP contribution in [0.25, 0.3) is 0 Å². The zero-order valence-corrected chi connectivity index (χ0v) is 26.8. The minimum absolute atomic E-state index is 0.118. The molecular weight excluding hydrogens is 537 g/mol. The number of rotatable bonds is 15. The van der Waals surface area contributed by atoms with Crippen LogP contribution in [-0.2, 0) is 13.8 Å². The molecule has 0 saturated carbocycles. The second kappa shape index (κ2) is 14.5. The number of hydrogen-bond acceptors (Lipinski definition) is 9. The Kier molecular flexibility index (Phi) is 12.5. The highest BCUT2D eigenvalue weighted by molar-refractivity contribution is 7.44. The summed E-state index contributed by atoms with van der Waals surface area (Å²) in [6.07, 6.45) is 1.31. The maximum absolute atomic E-state index is 12.9. The minimum Gasteiger partial charge on any atom is -0.432 e. The van der Waals surface area contributed by atoms with E-state index in [0.29, 0.717) is 19.4 Å². The molecule has 0 spiro atoms. The number of nitrogens with zero attached hydrogens (tertiary/aromatic N) is 3. The van der Waals surface area contributed by atoms with Crippen LogP contribution in [0.15, 0.2) is 21.9 Å². The molecule has 0 aromatic carbocycles. The van der Waals surface area contributed by atoms with E-state index in [-0.39, 0.29) is 37.1 Å². The molecule has 3 N–H and O–H groups in total. The number of ether oxygens (including phenoxy) is 1. The van der Waals surface area contributed by atoms with Crippen molar-refractivity contribution in [2.24, 2.45) is 5.92 Å². The Morgan fingerprint density at radius 2 is 1.95 bits per heavy atom. The van der Waals surface area contributed by atoms with Crippen LogP contribution in [0.2, 0.25) is 18.1 Å². The quantitative estimate of drug-likeness (QED) is 0.160. The number of aromatic nitrogens is 2. The van der Waals surface area contributed by atoms with Crippen LogP contribution in [0.4, 0.5) is 0 Å². The molecule has 1 saturated heterocycles. The van der Waals surface area contributed by atoms with E-state index < -0.39 is 45.5 Å². The molecule has 1 aliphatic rings. The lowest BCUT2D eigenvalue weighted by Gasteiger charge is -2.41. The van der Waals surface area contributed by atoms with E-state index in [9.17, 15) is 14.4 Å². The van der Waals surface area contributed by atoms with Gasteiger partial charge in [-0.3, -0.25) is 14.3 Å². The van der Waals surface area contributed by atoms with E-state index in [1.807, 2.05) is 34.0 Å². The summed E-state index contributed by atoms with van der Waals surface area (Å²) in [5.74, 6) is -0.324. The Hall–Kier alpha value is -1.42. The van der Waals surface area contributed by atoms with Crippen LogP contribution in [0, 0.1) is 17.2 Å². The van der Waals surface area contributed by atoms with Crippen LogP contribution in [0.3, 0.4) is 0 Å². The molecule has 13 heteroatoms. The van der Waals surface area contributed by atoms with Gasteiger partial charge in [-0.05, 0) is 72.3 Å². The number of H-pyrrole nitrogens is 1. The second-order valence-electron chi connectivity index (χ2n) is 11.9. The van der Waals surface area contributed by atoms with Crippen LogP contribution < -0.4 is 16.6 Å². The zero-order chi connectivity index (χ0) is 29.5. The van der Waals surface area contributed by atoms with Gasteiger partial charge >= 0.3 is 5.69 Å². The molecule has 2 unspecified atom stereocenters. The summed E-state index contributed by atoms with van der Waals surface area (Å²) in [4.78, 5) is 38.3. The first kappa shape index (κ1) is 33.8. The Morgan fingerprint density at radius 3 is 2.46 bits per heavy atom.